The fourth-order valence-corrected chi connectivity index (χ4v) is 1.25. The van der Waals surface area contributed by atoms with Gasteiger partial charge in [0.05, 0.1) is 6.54 Å². The lowest BCUT2D eigenvalue weighted by Gasteiger charge is -2.08. The quantitative estimate of drug-likeness (QED) is 0.591. The largest absolute Gasteiger partial charge is 0.479 e. The van der Waals surface area contributed by atoms with Crippen molar-refractivity contribution in [1.82, 2.24) is 9.88 Å². The lowest BCUT2D eigenvalue weighted by molar-refractivity contribution is -0.146. The number of hydrogen-bond acceptors (Lipinski definition) is 4. The van der Waals surface area contributed by atoms with Crippen molar-refractivity contribution >= 4 is 11.9 Å². The van der Waals surface area contributed by atoms with Gasteiger partial charge in [0.1, 0.15) is 0 Å². The van der Waals surface area contributed by atoms with E-state index in [2.05, 4.69) is 5.32 Å². The molecule has 18 heavy (non-hydrogen) atoms. The van der Waals surface area contributed by atoms with Crippen molar-refractivity contribution < 1.29 is 19.8 Å². The highest BCUT2D eigenvalue weighted by Gasteiger charge is 2.13. The number of amides is 1. The van der Waals surface area contributed by atoms with Gasteiger partial charge in [0.2, 0.25) is 5.91 Å². The first-order chi connectivity index (χ1) is 8.50. The molecule has 7 nitrogen and oxygen atoms in total. The Labute approximate surface area is 103 Å². The van der Waals surface area contributed by atoms with Gasteiger partial charge in [0, 0.05) is 25.2 Å². The van der Waals surface area contributed by atoms with Gasteiger partial charge in [-0.05, 0) is 6.07 Å². The summed E-state index contributed by atoms with van der Waals surface area (Å²) in [6.07, 6.45) is -0.0220. The molecule has 3 N–H and O–H groups in total. The molecule has 1 aromatic heterocycles. The van der Waals surface area contributed by atoms with Gasteiger partial charge in [0.25, 0.3) is 5.56 Å². The summed E-state index contributed by atoms with van der Waals surface area (Å²) in [6, 6.07) is 4.65. The van der Waals surface area contributed by atoms with Gasteiger partial charge in [0.15, 0.2) is 6.10 Å². The second-order valence-electron chi connectivity index (χ2n) is 3.64. The van der Waals surface area contributed by atoms with Gasteiger partial charge in [-0.25, -0.2) is 4.79 Å². The Morgan fingerprint density at radius 3 is 2.72 bits per heavy atom. The number of aliphatic hydroxyl groups excluding tert-OH is 1. The number of aromatic nitrogens is 1. The number of nitrogens with zero attached hydrogens (tertiary/aromatic N) is 1. The summed E-state index contributed by atoms with van der Waals surface area (Å²) in [5, 5.41) is 19.6. The SMILES string of the molecule is O=C(CCn1ccccc1=O)NCC(O)C(=O)O. The summed E-state index contributed by atoms with van der Waals surface area (Å²) < 4.78 is 1.37. The number of nitrogens with one attached hydrogen (secondary N) is 1. The summed E-state index contributed by atoms with van der Waals surface area (Å²) in [6.45, 7) is -0.146. The number of pyridine rings is 1. The van der Waals surface area contributed by atoms with Crippen molar-refractivity contribution in [3.05, 3.63) is 34.7 Å². The van der Waals surface area contributed by atoms with Gasteiger partial charge >= 0.3 is 5.97 Å². The summed E-state index contributed by atoms with van der Waals surface area (Å²) in [5.41, 5.74) is -0.212. The van der Waals surface area contributed by atoms with Crippen LogP contribution in [0, 0.1) is 0 Å². The zero-order valence-corrected chi connectivity index (χ0v) is 9.57. The van der Waals surface area contributed by atoms with Gasteiger partial charge in [-0.3, -0.25) is 9.59 Å². The molecule has 0 aromatic carbocycles. The number of carboxylic acids is 1. The van der Waals surface area contributed by atoms with Crippen LogP contribution in [0.3, 0.4) is 0 Å². The first-order valence-corrected chi connectivity index (χ1v) is 5.33. The van der Waals surface area contributed by atoms with Gasteiger partial charge in [-0.1, -0.05) is 6.07 Å². The number of rotatable bonds is 6. The van der Waals surface area contributed by atoms with Crippen molar-refractivity contribution in [1.29, 1.82) is 0 Å². The molecule has 0 fully saturated rings. The smallest absolute Gasteiger partial charge is 0.334 e. The van der Waals surface area contributed by atoms with Gasteiger partial charge < -0.3 is 20.1 Å². The first-order valence-electron chi connectivity index (χ1n) is 5.33. The Hall–Kier alpha value is -2.15. The van der Waals surface area contributed by atoms with E-state index in [0.717, 1.165) is 0 Å². The van der Waals surface area contributed by atoms with Crippen LogP contribution in [0.4, 0.5) is 0 Å². The van der Waals surface area contributed by atoms with Crippen molar-refractivity contribution in [2.45, 2.75) is 19.1 Å². The zero-order chi connectivity index (χ0) is 13.5. The van der Waals surface area contributed by atoms with Crippen LogP contribution < -0.4 is 10.9 Å². The number of carboxylic acid groups (broad SMARTS) is 1. The van der Waals surface area contributed by atoms with Crippen LogP contribution >= 0.6 is 0 Å². The Bertz CT molecular complexity index is 482. The van der Waals surface area contributed by atoms with Crippen LogP contribution in [0.2, 0.25) is 0 Å². The molecule has 0 radical (unpaired) electrons. The van der Waals surface area contributed by atoms with E-state index in [4.69, 9.17) is 10.2 Å². The van der Waals surface area contributed by atoms with E-state index in [1.54, 1.807) is 18.3 Å². The monoisotopic (exact) mass is 254 g/mol. The predicted molar refractivity (Wildman–Crippen MR) is 62.0 cm³/mol. The Morgan fingerprint density at radius 2 is 2.11 bits per heavy atom. The molecule has 1 amide bonds. The van der Waals surface area contributed by atoms with Crippen LogP contribution in [-0.2, 0) is 16.1 Å². The standard InChI is InChI=1S/C11H14N2O5/c14-8(11(17)18)7-12-9(15)4-6-13-5-2-1-3-10(13)16/h1-3,5,8,14H,4,6-7H2,(H,12,15)(H,17,18). The molecule has 0 bridgehead atoms. The normalized spacial score (nSPS) is 11.8. The van der Waals surface area contributed by atoms with E-state index in [0.29, 0.717) is 0 Å². The fraction of sp³-hybridized carbons (Fsp3) is 0.364. The van der Waals surface area contributed by atoms with E-state index in [1.807, 2.05) is 0 Å². The predicted octanol–water partition coefficient (Wildman–Crippen LogP) is -1.20. The molecule has 7 heteroatoms. The fourth-order valence-electron chi connectivity index (χ4n) is 1.25. The molecule has 1 atom stereocenters. The Morgan fingerprint density at radius 1 is 1.39 bits per heavy atom. The molecule has 0 aliphatic rings. The number of carbonyl (C=O) groups excluding carboxylic acids is 1. The highest BCUT2D eigenvalue weighted by Crippen LogP contribution is 1.89. The Kier molecular flexibility index (Phi) is 5.06. The molecule has 1 rings (SSSR count). The third-order valence-corrected chi connectivity index (χ3v) is 2.26. The minimum absolute atomic E-state index is 0.0380. The minimum Gasteiger partial charge on any atom is -0.479 e. The average molecular weight is 254 g/mol. The van der Waals surface area contributed by atoms with E-state index < -0.39 is 18.0 Å². The number of carbonyl (C=O) groups is 2. The third-order valence-electron chi connectivity index (χ3n) is 2.26. The Balaban J connectivity index is 2.36. The molecular weight excluding hydrogens is 240 g/mol. The summed E-state index contributed by atoms with van der Waals surface area (Å²) in [4.78, 5) is 32.9. The molecule has 1 unspecified atom stereocenters. The molecule has 0 aliphatic heterocycles. The van der Waals surface area contributed by atoms with Crippen LogP contribution in [0.1, 0.15) is 6.42 Å². The summed E-state index contributed by atoms with van der Waals surface area (Å²) in [5.74, 6) is -1.82. The number of aliphatic carboxylic acids is 1. The molecular formula is C11H14N2O5. The summed E-state index contributed by atoms with van der Waals surface area (Å²) in [7, 11) is 0. The first kappa shape index (κ1) is 13.9. The van der Waals surface area contributed by atoms with Crippen molar-refractivity contribution in [2.75, 3.05) is 6.54 Å². The van der Waals surface area contributed by atoms with Crippen molar-refractivity contribution in [3.8, 4) is 0 Å². The molecule has 1 aromatic rings. The minimum atomic E-state index is -1.62. The number of aliphatic hydroxyl groups is 1. The second-order valence-corrected chi connectivity index (χ2v) is 3.64. The van der Waals surface area contributed by atoms with Crippen LogP contribution in [0.25, 0.3) is 0 Å². The van der Waals surface area contributed by atoms with E-state index >= 15 is 0 Å². The number of aryl methyl sites for hydroxylation is 1. The average Bonchev–Trinajstić information content (AvgIpc) is 2.34. The lowest BCUT2D eigenvalue weighted by atomic mass is 10.3. The topological polar surface area (TPSA) is 109 Å². The maximum Gasteiger partial charge on any atom is 0.334 e. The van der Waals surface area contributed by atoms with Crippen LogP contribution in [0.15, 0.2) is 29.2 Å². The number of hydrogen-bond donors (Lipinski definition) is 3. The molecule has 0 saturated heterocycles. The highest BCUT2D eigenvalue weighted by atomic mass is 16.4. The van der Waals surface area contributed by atoms with E-state index in [9.17, 15) is 14.4 Å². The van der Waals surface area contributed by atoms with Gasteiger partial charge in [-0.2, -0.15) is 0 Å². The second kappa shape index (κ2) is 6.55. The molecule has 98 valence electrons. The van der Waals surface area contributed by atoms with E-state index in [-0.39, 0.29) is 25.1 Å². The summed E-state index contributed by atoms with van der Waals surface area (Å²) >= 11 is 0. The van der Waals surface area contributed by atoms with Crippen LogP contribution in [0.5, 0.6) is 0 Å². The van der Waals surface area contributed by atoms with Crippen molar-refractivity contribution in [2.24, 2.45) is 0 Å². The zero-order valence-electron chi connectivity index (χ0n) is 9.57. The van der Waals surface area contributed by atoms with E-state index in [1.165, 1.54) is 10.6 Å². The lowest BCUT2D eigenvalue weighted by Crippen LogP contribution is -2.37. The van der Waals surface area contributed by atoms with Gasteiger partial charge in [-0.15, -0.1) is 0 Å². The van der Waals surface area contributed by atoms with Crippen LogP contribution in [-0.4, -0.2) is 39.3 Å². The maximum atomic E-state index is 11.3. The maximum absolute atomic E-state index is 11.3. The van der Waals surface area contributed by atoms with Crippen molar-refractivity contribution in [3.63, 3.8) is 0 Å². The highest BCUT2D eigenvalue weighted by molar-refractivity contribution is 5.77. The molecule has 0 saturated carbocycles. The molecule has 1 heterocycles. The molecule has 0 aliphatic carbocycles. The third kappa shape index (κ3) is 4.38. The molecule has 0 spiro atoms.